The van der Waals surface area contributed by atoms with Crippen LogP contribution in [0.25, 0.3) is 0 Å². The second kappa shape index (κ2) is 11.0. The van der Waals surface area contributed by atoms with Crippen molar-refractivity contribution in [3.63, 3.8) is 0 Å². The van der Waals surface area contributed by atoms with E-state index in [1.165, 1.54) is 0 Å². The summed E-state index contributed by atoms with van der Waals surface area (Å²) in [5.74, 6) is 1.48. The molecule has 3 rings (SSSR count). The molecule has 0 amide bonds. The molecule has 0 spiro atoms. The minimum atomic E-state index is -3.43. The Balaban J connectivity index is 1.61. The van der Waals surface area contributed by atoms with Crippen molar-refractivity contribution < 1.29 is 13.2 Å². The third-order valence-corrected chi connectivity index (χ3v) is 6.21. The van der Waals surface area contributed by atoms with Gasteiger partial charge in [-0.15, -0.1) is 0 Å². The van der Waals surface area contributed by atoms with Crippen LogP contribution in [0.3, 0.4) is 0 Å². The highest BCUT2D eigenvalue weighted by Crippen LogP contribution is 2.22. The average Bonchev–Trinajstić information content (AvgIpc) is 3.58. The maximum absolute atomic E-state index is 12.3. The fourth-order valence-electron chi connectivity index (χ4n) is 2.89. The minimum Gasteiger partial charge on any atom is -0.489 e. The van der Waals surface area contributed by atoms with Crippen LogP contribution < -0.4 is 20.1 Å². The first kappa shape index (κ1) is 22.8. The van der Waals surface area contributed by atoms with Crippen LogP contribution in [0.1, 0.15) is 30.9 Å². The molecule has 3 N–H and O–H groups in total. The van der Waals surface area contributed by atoms with Gasteiger partial charge in [0, 0.05) is 24.7 Å². The molecule has 8 heteroatoms. The van der Waals surface area contributed by atoms with E-state index in [0.29, 0.717) is 25.7 Å². The molecular formula is C23H30N4O3S. The van der Waals surface area contributed by atoms with Crippen molar-refractivity contribution in [2.24, 2.45) is 4.99 Å². The molecule has 0 bridgehead atoms. The van der Waals surface area contributed by atoms with Crippen molar-refractivity contribution in [2.75, 3.05) is 13.2 Å². The molecular weight excluding hydrogens is 412 g/mol. The summed E-state index contributed by atoms with van der Waals surface area (Å²) in [5.41, 5.74) is 1.95. The quantitative estimate of drug-likeness (QED) is 0.283. The fourth-order valence-corrected chi connectivity index (χ4v) is 4.20. The molecule has 1 aliphatic rings. The Morgan fingerprint density at radius 1 is 1.16 bits per heavy atom. The number of sulfonamides is 1. The van der Waals surface area contributed by atoms with Gasteiger partial charge in [0.1, 0.15) is 12.4 Å². The molecule has 166 valence electrons. The molecule has 1 fully saturated rings. The van der Waals surface area contributed by atoms with Crippen LogP contribution in [0.5, 0.6) is 5.75 Å². The lowest BCUT2D eigenvalue weighted by Crippen LogP contribution is -2.36. The van der Waals surface area contributed by atoms with Crippen LogP contribution >= 0.6 is 0 Å². The summed E-state index contributed by atoms with van der Waals surface area (Å²) in [4.78, 5) is 4.90. The van der Waals surface area contributed by atoms with Crippen LogP contribution in [0, 0.1) is 0 Å². The van der Waals surface area contributed by atoms with E-state index in [4.69, 9.17) is 4.74 Å². The Morgan fingerprint density at radius 3 is 2.58 bits per heavy atom. The van der Waals surface area contributed by atoms with E-state index < -0.39 is 10.0 Å². The van der Waals surface area contributed by atoms with Crippen molar-refractivity contribution in [1.29, 1.82) is 0 Å². The smallest absolute Gasteiger partial charge is 0.240 e. The Hall–Kier alpha value is -2.84. The van der Waals surface area contributed by atoms with Gasteiger partial charge in [0.05, 0.1) is 11.4 Å². The number of rotatable bonds is 11. The predicted octanol–water partition coefficient (Wildman–Crippen LogP) is 2.95. The molecule has 0 aliphatic heterocycles. The van der Waals surface area contributed by atoms with E-state index in [2.05, 4.69) is 26.9 Å². The molecule has 0 atom stereocenters. The van der Waals surface area contributed by atoms with E-state index >= 15 is 0 Å². The number of benzene rings is 2. The summed E-state index contributed by atoms with van der Waals surface area (Å²) in [6.07, 6.45) is 3.54. The van der Waals surface area contributed by atoms with Gasteiger partial charge in [0.25, 0.3) is 0 Å². The third-order valence-electron chi connectivity index (χ3n) is 4.67. The number of para-hydroxylation sites is 1. The SMILES string of the molecule is C=CCOc1ccccc1CNC(=NCc1ccc(S(=O)(=O)NC2CC2)cc1)NCC. The van der Waals surface area contributed by atoms with E-state index in [1.54, 1.807) is 30.3 Å². The van der Waals surface area contributed by atoms with Gasteiger partial charge in [-0.3, -0.25) is 0 Å². The predicted molar refractivity (Wildman–Crippen MR) is 124 cm³/mol. The average molecular weight is 443 g/mol. The standard InChI is InChI=1S/C23H30N4O3S/c1-3-15-30-22-8-6-5-7-19(22)17-26-23(24-4-2)25-16-18-9-13-21(14-10-18)31(28,29)27-20-11-12-20/h3,5-10,13-14,20,27H,1,4,11-12,15-17H2,2H3,(H2,24,25,26). The fraction of sp³-hybridized carbons (Fsp3) is 0.348. The van der Waals surface area contributed by atoms with Crippen LogP contribution in [0.15, 0.2) is 71.1 Å². The number of hydrogen-bond donors (Lipinski definition) is 3. The van der Waals surface area contributed by atoms with Crippen molar-refractivity contribution in [3.8, 4) is 5.75 Å². The zero-order valence-corrected chi connectivity index (χ0v) is 18.6. The highest BCUT2D eigenvalue weighted by molar-refractivity contribution is 7.89. The van der Waals surface area contributed by atoms with Gasteiger partial charge in [-0.05, 0) is 43.5 Å². The van der Waals surface area contributed by atoms with E-state index in [9.17, 15) is 8.42 Å². The molecule has 7 nitrogen and oxygen atoms in total. The van der Waals surface area contributed by atoms with Crippen molar-refractivity contribution in [2.45, 2.75) is 43.8 Å². The highest BCUT2D eigenvalue weighted by atomic mass is 32.2. The molecule has 1 aliphatic carbocycles. The Morgan fingerprint density at radius 2 is 1.90 bits per heavy atom. The molecule has 31 heavy (non-hydrogen) atoms. The summed E-state index contributed by atoms with van der Waals surface area (Å²) in [7, 11) is -3.43. The zero-order chi connectivity index (χ0) is 22.1. The summed E-state index contributed by atoms with van der Waals surface area (Å²) < 4.78 is 33.0. The summed E-state index contributed by atoms with van der Waals surface area (Å²) in [6, 6.07) is 14.8. The summed E-state index contributed by atoms with van der Waals surface area (Å²) >= 11 is 0. The van der Waals surface area contributed by atoms with Crippen molar-refractivity contribution >= 4 is 16.0 Å². The van der Waals surface area contributed by atoms with E-state index in [-0.39, 0.29) is 10.9 Å². The van der Waals surface area contributed by atoms with Gasteiger partial charge in [0.2, 0.25) is 10.0 Å². The number of ether oxygens (including phenoxy) is 1. The lowest BCUT2D eigenvalue weighted by Gasteiger charge is -2.14. The van der Waals surface area contributed by atoms with Crippen LogP contribution in [0.4, 0.5) is 0 Å². The number of nitrogens with zero attached hydrogens (tertiary/aromatic N) is 1. The largest absolute Gasteiger partial charge is 0.489 e. The Kier molecular flexibility index (Phi) is 8.08. The Labute approximate surface area is 184 Å². The van der Waals surface area contributed by atoms with Crippen molar-refractivity contribution in [1.82, 2.24) is 15.4 Å². The minimum absolute atomic E-state index is 0.0929. The van der Waals surface area contributed by atoms with Crippen LogP contribution in [-0.4, -0.2) is 33.6 Å². The monoisotopic (exact) mass is 442 g/mol. The van der Waals surface area contributed by atoms with Gasteiger partial charge in [0.15, 0.2) is 5.96 Å². The molecule has 0 radical (unpaired) electrons. The maximum atomic E-state index is 12.3. The van der Waals surface area contributed by atoms with Crippen molar-refractivity contribution in [3.05, 3.63) is 72.3 Å². The summed E-state index contributed by atoms with van der Waals surface area (Å²) in [5, 5.41) is 6.54. The van der Waals surface area contributed by atoms with Crippen LogP contribution in [-0.2, 0) is 23.1 Å². The Bertz CT molecular complexity index is 1000. The molecule has 2 aromatic carbocycles. The van der Waals surface area contributed by atoms with Gasteiger partial charge < -0.3 is 15.4 Å². The van der Waals surface area contributed by atoms with E-state index in [0.717, 1.165) is 36.3 Å². The van der Waals surface area contributed by atoms with Gasteiger partial charge in [-0.2, -0.15) is 0 Å². The second-order valence-corrected chi connectivity index (χ2v) is 9.01. The topological polar surface area (TPSA) is 91.8 Å². The van der Waals surface area contributed by atoms with Gasteiger partial charge in [-0.1, -0.05) is 43.0 Å². The molecule has 0 heterocycles. The number of nitrogens with one attached hydrogen (secondary N) is 3. The second-order valence-electron chi connectivity index (χ2n) is 7.30. The lowest BCUT2D eigenvalue weighted by molar-refractivity contribution is 0.358. The molecule has 0 aromatic heterocycles. The van der Waals surface area contributed by atoms with Crippen LogP contribution in [0.2, 0.25) is 0 Å². The number of aliphatic imine (C=N–C) groups is 1. The molecule has 0 unspecified atom stereocenters. The molecule has 1 saturated carbocycles. The number of hydrogen-bond acceptors (Lipinski definition) is 4. The van der Waals surface area contributed by atoms with E-state index in [1.807, 2.05) is 31.2 Å². The van der Waals surface area contributed by atoms with Gasteiger partial charge >= 0.3 is 0 Å². The molecule has 2 aromatic rings. The normalized spacial score (nSPS) is 14.2. The first-order valence-electron chi connectivity index (χ1n) is 10.5. The molecule has 0 saturated heterocycles. The third kappa shape index (κ3) is 7.11. The zero-order valence-electron chi connectivity index (χ0n) is 17.8. The lowest BCUT2D eigenvalue weighted by atomic mass is 10.2. The van der Waals surface area contributed by atoms with Gasteiger partial charge in [-0.25, -0.2) is 18.1 Å². The summed E-state index contributed by atoms with van der Waals surface area (Å²) in [6.45, 7) is 7.86. The first-order valence-corrected chi connectivity index (χ1v) is 11.9. The highest BCUT2D eigenvalue weighted by Gasteiger charge is 2.27. The number of guanidine groups is 1. The maximum Gasteiger partial charge on any atom is 0.240 e. The first-order chi connectivity index (χ1) is 15.0.